The van der Waals surface area contributed by atoms with Crippen LogP contribution in [-0.4, -0.2) is 23.4 Å². The molecular weight excluding hydrogens is 190 g/mol. The molecule has 0 spiro atoms. The molecule has 1 aromatic rings. The lowest BCUT2D eigenvalue weighted by Crippen LogP contribution is -2.34. The first-order valence-electron chi connectivity index (χ1n) is 4.05. The third-order valence-corrected chi connectivity index (χ3v) is 1.48. The van der Waals surface area contributed by atoms with E-state index >= 15 is 0 Å². The van der Waals surface area contributed by atoms with Gasteiger partial charge in [0.05, 0.1) is 12.1 Å². The summed E-state index contributed by atoms with van der Waals surface area (Å²) in [5.41, 5.74) is 0.275. The SMILES string of the molecule is CC(F)(F)CNC(=O)c1cccnc1. The molecule has 1 amide bonds. The second kappa shape index (κ2) is 4.13. The summed E-state index contributed by atoms with van der Waals surface area (Å²) in [5.74, 6) is -3.43. The Balaban J connectivity index is 2.52. The highest BCUT2D eigenvalue weighted by molar-refractivity contribution is 5.93. The van der Waals surface area contributed by atoms with E-state index in [1.807, 2.05) is 0 Å². The van der Waals surface area contributed by atoms with Gasteiger partial charge in [-0.15, -0.1) is 0 Å². The van der Waals surface area contributed by atoms with Gasteiger partial charge in [0.15, 0.2) is 0 Å². The average Bonchev–Trinajstić information content (AvgIpc) is 2.14. The van der Waals surface area contributed by atoms with Gasteiger partial charge in [0.1, 0.15) is 0 Å². The van der Waals surface area contributed by atoms with Crippen molar-refractivity contribution in [2.45, 2.75) is 12.8 Å². The number of carbonyl (C=O) groups is 1. The van der Waals surface area contributed by atoms with Crippen molar-refractivity contribution in [2.24, 2.45) is 0 Å². The zero-order valence-electron chi connectivity index (χ0n) is 7.63. The van der Waals surface area contributed by atoms with E-state index in [9.17, 15) is 13.6 Å². The first-order valence-corrected chi connectivity index (χ1v) is 4.05. The molecule has 0 aromatic carbocycles. The zero-order valence-corrected chi connectivity index (χ0v) is 7.63. The number of halogens is 2. The van der Waals surface area contributed by atoms with Crippen LogP contribution in [0.1, 0.15) is 17.3 Å². The minimum absolute atomic E-state index is 0.275. The van der Waals surface area contributed by atoms with Crippen LogP contribution < -0.4 is 5.32 Å². The molecule has 1 heterocycles. The Morgan fingerprint density at radius 3 is 2.86 bits per heavy atom. The van der Waals surface area contributed by atoms with Crippen LogP contribution in [0.25, 0.3) is 0 Å². The van der Waals surface area contributed by atoms with Crippen molar-refractivity contribution >= 4 is 5.91 Å². The summed E-state index contributed by atoms with van der Waals surface area (Å²) in [6.45, 7) is 0.0806. The fourth-order valence-electron chi connectivity index (χ4n) is 0.835. The van der Waals surface area contributed by atoms with Crippen LogP contribution in [0.5, 0.6) is 0 Å². The number of carbonyl (C=O) groups excluding carboxylic acids is 1. The van der Waals surface area contributed by atoms with Crippen LogP contribution in [0.2, 0.25) is 0 Å². The Labute approximate surface area is 80.2 Å². The lowest BCUT2D eigenvalue weighted by atomic mass is 10.2. The van der Waals surface area contributed by atoms with Crippen LogP contribution in [-0.2, 0) is 0 Å². The van der Waals surface area contributed by atoms with Gasteiger partial charge in [-0.05, 0) is 12.1 Å². The number of rotatable bonds is 3. The van der Waals surface area contributed by atoms with Gasteiger partial charge >= 0.3 is 0 Å². The molecule has 0 atom stereocenters. The first-order chi connectivity index (χ1) is 6.49. The highest BCUT2D eigenvalue weighted by Crippen LogP contribution is 2.09. The van der Waals surface area contributed by atoms with E-state index in [1.54, 1.807) is 6.07 Å². The quantitative estimate of drug-likeness (QED) is 0.802. The normalized spacial score (nSPS) is 11.1. The molecule has 1 aromatic heterocycles. The Morgan fingerprint density at radius 2 is 2.36 bits per heavy atom. The molecular formula is C9H10F2N2O. The summed E-state index contributed by atoms with van der Waals surface area (Å²) in [6, 6.07) is 3.08. The molecule has 0 aliphatic rings. The number of hydrogen-bond donors (Lipinski definition) is 1. The number of nitrogens with zero attached hydrogens (tertiary/aromatic N) is 1. The second-order valence-corrected chi connectivity index (χ2v) is 2.99. The summed E-state index contributed by atoms with van der Waals surface area (Å²) in [4.78, 5) is 14.9. The summed E-state index contributed by atoms with van der Waals surface area (Å²) in [7, 11) is 0. The van der Waals surface area contributed by atoms with E-state index in [0.29, 0.717) is 0 Å². The van der Waals surface area contributed by atoms with Gasteiger partial charge in [-0.3, -0.25) is 9.78 Å². The molecule has 0 aliphatic carbocycles. The highest BCUT2D eigenvalue weighted by Gasteiger charge is 2.21. The van der Waals surface area contributed by atoms with Crippen LogP contribution in [0, 0.1) is 0 Å². The number of amides is 1. The van der Waals surface area contributed by atoms with Gasteiger partial charge < -0.3 is 5.32 Å². The molecule has 0 saturated heterocycles. The van der Waals surface area contributed by atoms with E-state index in [4.69, 9.17) is 0 Å². The van der Waals surface area contributed by atoms with Crippen molar-refractivity contribution in [2.75, 3.05) is 6.54 Å². The molecule has 5 heteroatoms. The van der Waals surface area contributed by atoms with Crippen molar-refractivity contribution in [1.29, 1.82) is 0 Å². The fourth-order valence-corrected chi connectivity index (χ4v) is 0.835. The molecule has 14 heavy (non-hydrogen) atoms. The number of pyridine rings is 1. The Hall–Kier alpha value is -1.52. The first kappa shape index (κ1) is 10.6. The lowest BCUT2D eigenvalue weighted by molar-refractivity contribution is 0.0221. The molecule has 0 fully saturated rings. The smallest absolute Gasteiger partial charge is 0.262 e. The van der Waals surface area contributed by atoms with E-state index in [0.717, 1.165) is 6.92 Å². The maximum absolute atomic E-state index is 12.4. The number of hydrogen-bond acceptors (Lipinski definition) is 2. The predicted octanol–water partition coefficient (Wildman–Crippen LogP) is 1.47. The molecule has 0 bridgehead atoms. The zero-order chi connectivity index (χ0) is 10.6. The second-order valence-electron chi connectivity index (χ2n) is 2.99. The summed E-state index contributed by atoms with van der Waals surface area (Å²) in [5, 5.41) is 2.11. The standard InChI is InChI=1S/C9H10F2N2O/c1-9(10,11)6-13-8(14)7-3-2-4-12-5-7/h2-5H,6H2,1H3,(H,13,14). The Bertz CT molecular complexity index is 308. The van der Waals surface area contributed by atoms with Gasteiger partial charge in [-0.25, -0.2) is 8.78 Å². The van der Waals surface area contributed by atoms with E-state index in [-0.39, 0.29) is 5.56 Å². The van der Waals surface area contributed by atoms with Crippen LogP contribution >= 0.6 is 0 Å². The summed E-state index contributed by atoms with van der Waals surface area (Å²) < 4.78 is 24.7. The molecule has 76 valence electrons. The molecule has 1 rings (SSSR count). The van der Waals surface area contributed by atoms with Crippen LogP contribution in [0.4, 0.5) is 8.78 Å². The van der Waals surface area contributed by atoms with Gasteiger partial charge in [0, 0.05) is 19.3 Å². The molecule has 0 saturated carbocycles. The van der Waals surface area contributed by atoms with Crippen LogP contribution in [0.3, 0.4) is 0 Å². The molecule has 0 unspecified atom stereocenters. The number of alkyl halides is 2. The monoisotopic (exact) mass is 200 g/mol. The predicted molar refractivity (Wildman–Crippen MR) is 47.2 cm³/mol. The summed E-state index contributed by atoms with van der Waals surface area (Å²) >= 11 is 0. The van der Waals surface area contributed by atoms with Crippen molar-refractivity contribution in [3.8, 4) is 0 Å². The minimum atomic E-state index is -2.89. The van der Waals surface area contributed by atoms with Gasteiger partial charge in [0.25, 0.3) is 11.8 Å². The van der Waals surface area contributed by atoms with E-state index in [2.05, 4.69) is 10.3 Å². The molecule has 0 radical (unpaired) electrons. The molecule has 3 nitrogen and oxygen atoms in total. The average molecular weight is 200 g/mol. The Kier molecular flexibility index (Phi) is 3.11. The van der Waals surface area contributed by atoms with Crippen molar-refractivity contribution < 1.29 is 13.6 Å². The van der Waals surface area contributed by atoms with Gasteiger partial charge in [-0.1, -0.05) is 0 Å². The maximum Gasteiger partial charge on any atom is 0.262 e. The van der Waals surface area contributed by atoms with E-state index < -0.39 is 18.4 Å². The Morgan fingerprint density at radius 1 is 1.64 bits per heavy atom. The van der Waals surface area contributed by atoms with Gasteiger partial charge in [0.2, 0.25) is 0 Å². The van der Waals surface area contributed by atoms with Crippen LogP contribution in [0.15, 0.2) is 24.5 Å². The lowest BCUT2D eigenvalue weighted by Gasteiger charge is -2.10. The van der Waals surface area contributed by atoms with Crippen molar-refractivity contribution in [3.05, 3.63) is 30.1 Å². The van der Waals surface area contributed by atoms with Crippen molar-refractivity contribution in [1.82, 2.24) is 10.3 Å². The number of nitrogens with one attached hydrogen (secondary N) is 1. The third kappa shape index (κ3) is 3.47. The number of aromatic nitrogens is 1. The maximum atomic E-state index is 12.4. The fraction of sp³-hybridized carbons (Fsp3) is 0.333. The van der Waals surface area contributed by atoms with Crippen molar-refractivity contribution in [3.63, 3.8) is 0 Å². The minimum Gasteiger partial charge on any atom is -0.346 e. The largest absolute Gasteiger partial charge is 0.346 e. The third-order valence-electron chi connectivity index (χ3n) is 1.48. The highest BCUT2D eigenvalue weighted by atomic mass is 19.3. The molecule has 1 N–H and O–H groups in total. The molecule has 0 aliphatic heterocycles. The topological polar surface area (TPSA) is 42.0 Å². The van der Waals surface area contributed by atoms with E-state index in [1.165, 1.54) is 18.5 Å². The summed E-state index contributed by atoms with van der Waals surface area (Å²) in [6.07, 6.45) is 2.83. The van der Waals surface area contributed by atoms with Gasteiger partial charge in [-0.2, -0.15) is 0 Å².